The van der Waals surface area contributed by atoms with Crippen LogP contribution >= 0.6 is 7.92 Å². The molecule has 260 valence electrons. The zero-order valence-electron chi connectivity index (χ0n) is 28.2. The van der Waals surface area contributed by atoms with Crippen LogP contribution in [0.5, 0.6) is 5.75 Å². The molecular weight excluding hydrogens is 652 g/mol. The minimum Gasteiger partial charge on any atom is -0.482 e. The molecule has 0 bridgehead atoms. The van der Waals surface area contributed by atoms with Crippen molar-refractivity contribution in [2.24, 2.45) is 0 Å². The number of H-pyrrole nitrogens is 1. The average molecular weight is 695 g/mol. The molecule has 3 N–H and O–H groups in total. The topological polar surface area (TPSA) is 102 Å². The van der Waals surface area contributed by atoms with Gasteiger partial charge < -0.3 is 34.6 Å². The molecule has 2 saturated heterocycles. The van der Waals surface area contributed by atoms with Gasteiger partial charge in [0.2, 0.25) is 5.95 Å². The van der Waals surface area contributed by atoms with Crippen molar-refractivity contribution >= 4 is 58.7 Å². The van der Waals surface area contributed by atoms with Crippen molar-refractivity contribution in [1.29, 1.82) is 0 Å². The number of alkyl halides is 3. The van der Waals surface area contributed by atoms with Crippen LogP contribution in [0.4, 0.5) is 42.0 Å². The van der Waals surface area contributed by atoms with Gasteiger partial charge in [-0.2, -0.15) is 23.1 Å². The van der Waals surface area contributed by atoms with E-state index >= 15 is 0 Å². The third kappa shape index (κ3) is 7.27. The lowest BCUT2D eigenvalue weighted by molar-refractivity contribution is -0.153. The number of anilines is 5. The van der Waals surface area contributed by atoms with Crippen LogP contribution in [0, 0.1) is 6.92 Å². The number of nitrogens with one attached hydrogen (secondary N) is 3. The summed E-state index contributed by atoms with van der Waals surface area (Å²) in [7, 11) is 1.63. The number of halogens is 3. The van der Waals surface area contributed by atoms with Gasteiger partial charge in [0.15, 0.2) is 6.61 Å². The maximum Gasteiger partial charge on any atom is 0.422 e. The third-order valence-electron chi connectivity index (χ3n) is 9.45. The van der Waals surface area contributed by atoms with Crippen LogP contribution in [0.3, 0.4) is 0 Å². The Morgan fingerprint density at radius 3 is 2.49 bits per heavy atom. The van der Waals surface area contributed by atoms with E-state index in [1.165, 1.54) is 0 Å². The fourth-order valence-corrected chi connectivity index (χ4v) is 8.09. The summed E-state index contributed by atoms with van der Waals surface area (Å²) >= 11 is 0. The molecule has 0 unspecified atom stereocenters. The van der Waals surface area contributed by atoms with E-state index in [0.29, 0.717) is 23.2 Å². The predicted octanol–water partition coefficient (Wildman–Crippen LogP) is 5.93. The number of piperidine rings is 1. The van der Waals surface area contributed by atoms with E-state index in [9.17, 15) is 13.2 Å². The zero-order valence-corrected chi connectivity index (χ0v) is 29.1. The first kappa shape index (κ1) is 33.4. The number of pyridine rings is 1. The van der Waals surface area contributed by atoms with Gasteiger partial charge in [0.05, 0.1) is 16.8 Å². The number of piperazine rings is 1. The van der Waals surface area contributed by atoms with Crippen LogP contribution in [0.1, 0.15) is 18.4 Å². The molecule has 0 radical (unpaired) electrons. The van der Waals surface area contributed by atoms with Crippen LogP contribution in [-0.2, 0) is 0 Å². The van der Waals surface area contributed by atoms with Crippen molar-refractivity contribution in [3.05, 3.63) is 54.6 Å². The second kappa shape index (κ2) is 13.6. The predicted molar refractivity (Wildman–Crippen MR) is 191 cm³/mol. The van der Waals surface area contributed by atoms with Crippen LogP contribution in [0.25, 0.3) is 16.7 Å². The molecule has 11 nitrogen and oxygen atoms in total. The number of aromatic nitrogens is 5. The van der Waals surface area contributed by atoms with Gasteiger partial charge in [0.25, 0.3) is 0 Å². The molecule has 5 aromatic rings. The largest absolute Gasteiger partial charge is 0.482 e. The third-order valence-corrected chi connectivity index (χ3v) is 10.8. The summed E-state index contributed by atoms with van der Waals surface area (Å²) in [6.45, 7) is 10.9. The van der Waals surface area contributed by atoms with E-state index in [-0.39, 0.29) is 11.7 Å². The Hall–Kier alpha value is -4.13. The van der Waals surface area contributed by atoms with E-state index in [0.717, 1.165) is 85.4 Å². The number of aryl methyl sites for hydroxylation is 1. The summed E-state index contributed by atoms with van der Waals surface area (Å²) in [5.74, 6) is 0.865. The lowest BCUT2D eigenvalue weighted by Gasteiger charge is -2.43. The normalized spacial score (nSPS) is 17.0. The fraction of sp³-hybridized carbons (Fsp3) is 0.441. The quantitative estimate of drug-likeness (QED) is 0.162. The molecule has 2 aliphatic heterocycles. The molecular formula is C34H42F3N10OP. The van der Waals surface area contributed by atoms with Crippen molar-refractivity contribution in [3.8, 4) is 5.75 Å². The van der Waals surface area contributed by atoms with Gasteiger partial charge in [0.1, 0.15) is 22.9 Å². The van der Waals surface area contributed by atoms with Gasteiger partial charge in [0, 0.05) is 87.2 Å². The molecule has 2 aliphatic rings. The molecule has 0 aliphatic carbocycles. The molecule has 49 heavy (non-hydrogen) atoms. The maximum absolute atomic E-state index is 13.4. The van der Waals surface area contributed by atoms with Gasteiger partial charge in [-0.05, 0) is 63.9 Å². The van der Waals surface area contributed by atoms with Crippen molar-refractivity contribution in [2.45, 2.75) is 32.0 Å². The zero-order chi connectivity index (χ0) is 34.3. The van der Waals surface area contributed by atoms with Gasteiger partial charge in [-0.15, -0.1) is 0 Å². The number of aromatic amines is 1. The van der Waals surface area contributed by atoms with E-state index in [1.54, 1.807) is 18.5 Å². The lowest BCUT2D eigenvalue weighted by Crippen LogP contribution is -2.52. The summed E-state index contributed by atoms with van der Waals surface area (Å²) in [5, 5.41) is 8.56. The number of benzene rings is 1. The Morgan fingerprint density at radius 1 is 0.980 bits per heavy atom. The molecule has 4 aromatic heterocycles. The Kier molecular flexibility index (Phi) is 9.29. The Bertz CT molecular complexity index is 1930. The number of ether oxygens (including phenoxy) is 1. The van der Waals surface area contributed by atoms with Crippen molar-refractivity contribution < 1.29 is 17.9 Å². The van der Waals surface area contributed by atoms with Crippen molar-refractivity contribution in [1.82, 2.24) is 34.1 Å². The molecule has 0 amide bonds. The number of imidazole rings is 1. The average Bonchev–Trinajstić information content (AvgIpc) is 3.74. The molecule has 0 saturated carbocycles. The highest BCUT2D eigenvalue weighted by atomic mass is 31.1. The Balaban J connectivity index is 1.17. The number of rotatable bonds is 9. The van der Waals surface area contributed by atoms with E-state index < -0.39 is 20.7 Å². The number of hydrogen-bond acceptors (Lipinski definition) is 9. The van der Waals surface area contributed by atoms with Crippen LogP contribution in [0.2, 0.25) is 0 Å². The maximum atomic E-state index is 13.4. The minimum absolute atomic E-state index is 0.0958. The summed E-state index contributed by atoms with van der Waals surface area (Å²) < 4.78 is 47.8. The molecule has 7 rings (SSSR count). The fourth-order valence-electron chi connectivity index (χ4n) is 6.91. The standard InChI is InChI=1S/C34H42F3N10OP/c1-22-19-26(28(48-21-34(35,36)37)20-27(22)46-11-6-23(7-12-46)45-17-15-44(2)16-18-45)41-33-42-30-24(5-9-38-30)31(43-33)40-25-8-13-47-14-10-39-32(47)29(25)49(3)4/h5,8-10,13-14,19-20,23H,6-7,11-12,15-18,21H2,1-4H3,(H3,38,40,41,42,43). The molecule has 1 aromatic carbocycles. The van der Waals surface area contributed by atoms with Gasteiger partial charge in [-0.1, -0.05) is 7.92 Å². The highest BCUT2D eigenvalue weighted by molar-refractivity contribution is 7.65. The van der Waals surface area contributed by atoms with Crippen molar-refractivity contribution in [2.75, 3.05) is 81.8 Å². The SMILES string of the molecule is Cc1cc(Nc2nc(Nc3ccn4ccnc4c3P(C)C)c3cc[nH]c3n2)c(OCC(F)(F)F)cc1N1CCC(N2CCN(C)CC2)CC1. The first-order chi connectivity index (χ1) is 23.5. The molecule has 15 heteroatoms. The van der Waals surface area contributed by atoms with E-state index in [4.69, 9.17) is 9.72 Å². The van der Waals surface area contributed by atoms with Crippen LogP contribution < -0.4 is 25.6 Å². The van der Waals surface area contributed by atoms with Gasteiger partial charge in [-0.3, -0.25) is 4.90 Å². The summed E-state index contributed by atoms with van der Waals surface area (Å²) in [4.78, 5) is 24.4. The number of nitrogens with zero attached hydrogens (tertiary/aromatic N) is 7. The van der Waals surface area contributed by atoms with E-state index in [2.05, 4.69) is 60.7 Å². The number of fused-ring (bicyclic) bond motifs is 2. The molecule has 0 spiro atoms. The molecule has 0 atom stereocenters. The smallest absolute Gasteiger partial charge is 0.422 e. The second-order valence-corrected chi connectivity index (χ2v) is 15.3. The number of hydrogen-bond donors (Lipinski definition) is 3. The highest BCUT2D eigenvalue weighted by Crippen LogP contribution is 2.38. The monoisotopic (exact) mass is 694 g/mol. The van der Waals surface area contributed by atoms with Crippen molar-refractivity contribution in [3.63, 3.8) is 0 Å². The molecule has 2 fully saturated rings. The van der Waals surface area contributed by atoms with Gasteiger partial charge >= 0.3 is 6.18 Å². The lowest BCUT2D eigenvalue weighted by atomic mass is 10.0. The second-order valence-electron chi connectivity index (χ2n) is 13.1. The Labute approximate surface area is 284 Å². The number of likely N-dealkylation sites (N-methyl/N-ethyl adjacent to an activating group) is 1. The van der Waals surface area contributed by atoms with Crippen LogP contribution in [0.15, 0.2) is 49.1 Å². The Morgan fingerprint density at radius 2 is 1.76 bits per heavy atom. The van der Waals surface area contributed by atoms with Gasteiger partial charge in [-0.25, -0.2) is 4.98 Å². The van der Waals surface area contributed by atoms with E-state index in [1.807, 2.05) is 41.9 Å². The summed E-state index contributed by atoms with van der Waals surface area (Å²) in [5.41, 5.74) is 4.50. The first-order valence-electron chi connectivity index (χ1n) is 16.6. The van der Waals surface area contributed by atoms with Crippen LogP contribution in [-0.4, -0.2) is 113 Å². The highest BCUT2D eigenvalue weighted by Gasteiger charge is 2.31. The molecule has 6 heterocycles. The summed E-state index contributed by atoms with van der Waals surface area (Å²) in [6.07, 6.45) is 4.95. The summed E-state index contributed by atoms with van der Waals surface area (Å²) in [6, 6.07) is 7.96. The first-order valence-corrected chi connectivity index (χ1v) is 18.8. The minimum atomic E-state index is -4.49.